The van der Waals surface area contributed by atoms with Gasteiger partial charge >= 0.3 is 6.09 Å². The normalized spacial score (nSPS) is 18.4. The van der Waals surface area contributed by atoms with Crippen LogP contribution in [0.2, 0.25) is 0 Å². The molecule has 39 heavy (non-hydrogen) atoms. The van der Waals surface area contributed by atoms with Gasteiger partial charge in [-0.3, -0.25) is 0 Å². The van der Waals surface area contributed by atoms with Crippen LogP contribution >= 0.6 is 0 Å². The number of rotatable bonds is 5. The predicted molar refractivity (Wildman–Crippen MR) is 142 cm³/mol. The molecule has 11 heteroatoms. The zero-order chi connectivity index (χ0) is 27.9. The van der Waals surface area contributed by atoms with E-state index in [4.69, 9.17) is 9.26 Å². The number of likely N-dealkylation sites (tertiary alicyclic amines) is 2. The van der Waals surface area contributed by atoms with Crippen molar-refractivity contribution >= 4 is 17.0 Å². The number of carbonyl (C=O) groups is 1. The van der Waals surface area contributed by atoms with E-state index in [0.29, 0.717) is 22.9 Å². The number of piperidine rings is 2. The number of benzene rings is 1. The summed E-state index contributed by atoms with van der Waals surface area (Å²) in [5.74, 6) is -0.626. The van der Waals surface area contributed by atoms with Crippen molar-refractivity contribution < 1.29 is 22.8 Å². The second-order valence-corrected chi connectivity index (χ2v) is 12.1. The van der Waals surface area contributed by atoms with E-state index >= 15 is 0 Å². The number of hydrogen-bond donors (Lipinski definition) is 0. The number of carbonyl (C=O) groups excluding carboxylic acids is 1. The molecule has 212 valence electrons. The van der Waals surface area contributed by atoms with Crippen LogP contribution in [0.5, 0.6) is 0 Å². The molecule has 0 atom stereocenters. The van der Waals surface area contributed by atoms with Gasteiger partial charge in [-0.25, -0.2) is 13.6 Å². The van der Waals surface area contributed by atoms with E-state index < -0.39 is 17.2 Å². The lowest BCUT2D eigenvalue weighted by Gasteiger charge is -2.37. The van der Waals surface area contributed by atoms with E-state index in [9.17, 15) is 13.6 Å². The van der Waals surface area contributed by atoms with E-state index in [1.54, 1.807) is 6.07 Å². The van der Waals surface area contributed by atoms with Crippen molar-refractivity contribution in [3.8, 4) is 5.95 Å². The highest BCUT2D eigenvalue weighted by Crippen LogP contribution is 2.32. The fraction of sp³-hybridized carbons (Fsp3) is 0.643. The Morgan fingerprint density at radius 1 is 1.10 bits per heavy atom. The van der Waals surface area contributed by atoms with Crippen molar-refractivity contribution in [1.29, 1.82) is 0 Å². The summed E-state index contributed by atoms with van der Waals surface area (Å²) >= 11 is 0. The Bertz CT molecular complexity index is 1310. The highest BCUT2D eigenvalue weighted by Gasteiger charge is 2.31. The summed E-state index contributed by atoms with van der Waals surface area (Å²) in [5, 5.41) is 9.14. The number of ether oxygens (including phenoxy) is 1. The molecule has 1 aromatic carbocycles. The lowest BCUT2D eigenvalue weighted by atomic mass is 9.93. The minimum atomic E-state index is -0.969. The molecule has 9 nitrogen and oxygen atoms in total. The van der Waals surface area contributed by atoms with Gasteiger partial charge in [-0.2, -0.15) is 14.8 Å². The minimum Gasteiger partial charge on any atom is -0.444 e. The van der Waals surface area contributed by atoms with E-state index in [-0.39, 0.29) is 29.4 Å². The van der Waals surface area contributed by atoms with Crippen molar-refractivity contribution in [3.05, 3.63) is 35.4 Å². The lowest BCUT2D eigenvalue weighted by Crippen LogP contribution is -2.44. The summed E-state index contributed by atoms with van der Waals surface area (Å²) < 4.78 is 41.2. The second-order valence-electron chi connectivity index (χ2n) is 12.1. The van der Waals surface area contributed by atoms with E-state index in [0.717, 1.165) is 64.5 Å². The molecule has 0 unspecified atom stereocenters. The first-order valence-electron chi connectivity index (χ1n) is 13.9. The fourth-order valence-electron chi connectivity index (χ4n) is 5.57. The third-order valence-corrected chi connectivity index (χ3v) is 7.65. The van der Waals surface area contributed by atoms with Crippen molar-refractivity contribution in [2.45, 2.75) is 77.7 Å². The van der Waals surface area contributed by atoms with Gasteiger partial charge in [0.25, 0.3) is 5.95 Å². The molecule has 0 saturated carbocycles. The molecule has 0 N–H and O–H groups in total. The van der Waals surface area contributed by atoms with Gasteiger partial charge in [0.2, 0.25) is 5.89 Å². The van der Waals surface area contributed by atoms with Crippen LogP contribution in [0, 0.1) is 17.6 Å². The number of aromatic nitrogens is 4. The Morgan fingerprint density at radius 2 is 1.79 bits per heavy atom. The van der Waals surface area contributed by atoms with Crippen molar-refractivity contribution in [2.75, 3.05) is 32.7 Å². The highest BCUT2D eigenvalue weighted by molar-refractivity contribution is 5.84. The first kappa shape index (κ1) is 27.5. The number of amides is 1. The second kappa shape index (κ2) is 10.8. The SMILES string of the molecule is CC(C)c1nn(-c2noc(C3CCN(CC4CCN(C(=O)OC(C)(C)C)CC4)CC3)n2)c2c(F)c(F)ccc12. The molecule has 5 rings (SSSR count). The van der Waals surface area contributed by atoms with Gasteiger partial charge in [-0.05, 0) is 88.7 Å². The molecule has 2 aliphatic rings. The van der Waals surface area contributed by atoms with Crippen molar-refractivity contribution in [2.24, 2.45) is 5.92 Å². The molecule has 2 aromatic heterocycles. The van der Waals surface area contributed by atoms with Crippen LogP contribution in [0.4, 0.5) is 13.6 Å². The van der Waals surface area contributed by atoms with Gasteiger partial charge < -0.3 is 19.1 Å². The Labute approximate surface area is 227 Å². The summed E-state index contributed by atoms with van der Waals surface area (Å²) in [6.07, 6.45) is 3.47. The smallest absolute Gasteiger partial charge is 0.410 e. The third-order valence-electron chi connectivity index (χ3n) is 7.65. The van der Waals surface area contributed by atoms with Crippen LogP contribution < -0.4 is 0 Å². The Kier molecular flexibility index (Phi) is 7.63. The molecule has 3 aromatic rings. The maximum Gasteiger partial charge on any atom is 0.410 e. The topological polar surface area (TPSA) is 89.5 Å². The number of fused-ring (bicyclic) bond motifs is 1. The molecule has 4 heterocycles. The van der Waals surface area contributed by atoms with E-state index in [2.05, 4.69) is 20.1 Å². The van der Waals surface area contributed by atoms with Gasteiger partial charge in [0, 0.05) is 30.9 Å². The maximum absolute atomic E-state index is 14.8. The molecular weight excluding hydrogens is 506 g/mol. The number of nitrogens with zero attached hydrogens (tertiary/aromatic N) is 6. The van der Waals surface area contributed by atoms with E-state index in [1.807, 2.05) is 39.5 Å². The minimum absolute atomic E-state index is 0.0128. The van der Waals surface area contributed by atoms with Crippen LogP contribution in [0.25, 0.3) is 16.9 Å². The molecule has 1 amide bonds. The van der Waals surface area contributed by atoms with Gasteiger partial charge in [0.15, 0.2) is 11.6 Å². The summed E-state index contributed by atoms with van der Waals surface area (Å²) in [6, 6.07) is 2.67. The molecule has 0 radical (unpaired) electrons. The van der Waals surface area contributed by atoms with Gasteiger partial charge in [-0.15, -0.1) is 0 Å². The molecule has 2 aliphatic heterocycles. The average Bonchev–Trinajstić information content (AvgIpc) is 3.52. The first-order chi connectivity index (χ1) is 18.5. The lowest BCUT2D eigenvalue weighted by molar-refractivity contribution is 0.0165. The Balaban J connectivity index is 1.18. The van der Waals surface area contributed by atoms with Crippen LogP contribution in [0.1, 0.15) is 83.7 Å². The maximum atomic E-state index is 14.8. The Hall–Kier alpha value is -3.08. The van der Waals surface area contributed by atoms with Crippen LogP contribution in [0.15, 0.2) is 16.7 Å². The zero-order valence-corrected chi connectivity index (χ0v) is 23.4. The van der Waals surface area contributed by atoms with Crippen molar-refractivity contribution in [1.82, 2.24) is 29.7 Å². The summed E-state index contributed by atoms with van der Waals surface area (Å²) in [7, 11) is 0. The van der Waals surface area contributed by atoms with Gasteiger partial charge in [-0.1, -0.05) is 13.8 Å². The predicted octanol–water partition coefficient (Wildman–Crippen LogP) is 5.64. The molecular formula is C28H38F2N6O3. The standard InChI is InChI=1S/C28H38F2N6O3/c1-17(2)23-20-6-7-21(29)22(30)24(20)36(32-23)26-31-25(39-33-26)19-10-12-34(13-11-19)16-18-8-14-35(15-9-18)27(37)38-28(3,4)5/h6-7,17-19H,8-16H2,1-5H3. The van der Waals surface area contributed by atoms with Gasteiger partial charge in [0.05, 0.1) is 5.69 Å². The zero-order valence-electron chi connectivity index (χ0n) is 23.4. The fourth-order valence-corrected chi connectivity index (χ4v) is 5.57. The first-order valence-corrected chi connectivity index (χ1v) is 13.9. The van der Waals surface area contributed by atoms with Crippen LogP contribution in [-0.2, 0) is 4.74 Å². The number of hydrogen-bond acceptors (Lipinski definition) is 7. The molecule has 2 fully saturated rings. The average molecular weight is 545 g/mol. The molecule has 0 aliphatic carbocycles. The quantitative estimate of drug-likeness (QED) is 0.411. The highest BCUT2D eigenvalue weighted by atomic mass is 19.2. The summed E-state index contributed by atoms with van der Waals surface area (Å²) in [6.45, 7) is 13.9. The van der Waals surface area contributed by atoms with Gasteiger partial charge in [0.1, 0.15) is 11.1 Å². The summed E-state index contributed by atoms with van der Waals surface area (Å²) in [4.78, 5) is 21.2. The molecule has 0 bridgehead atoms. The van der Waals surface area contributed by atoms with E-state index in [1.165, 1.54) is 4.68 Å². The molecule has 0 spiro atoms. The number of halogens is 2. The van der Waals surface area contributed by atoms with Crippen LogP contribution in [0.3, 0.4) is 0 Å². The van der Waals surface area contributed by atoms with Crippen LogP contribution in [-0.4, -0.2) is 74.1 Å². The summed E-state index contributed by atoms with van der Waals surface area (Å²) in [5.41, 5.74) is 0.202. The monoisotopic (exact) mass is 544 g/mol. The third kappa shape index (κ3) is 5.92. The largest absolute Gasteiger partial charge is 0.444 e. The Morgan fingerprint density at radius 3 is 2.44 bits per heavy atom. The van der Waals surface area contributed by atoms with Crippen molar-refractivity contribution in [3.63, 3.8) is 0 Å². The molecule has 2 saturated heterocycles.